The molecule has 0 aliphatic carbocycles. The van der Waals surface area contributed by atoms with Crippen molar-refractivity contribution in [2.24, 2.45) is 0 Å². The lowest BCUT2D eigenvalue weighted by atomic mass is 10.2. The van der Waals surface area contributed by atoms with Gasteiger partial charge in [-0.25, -0.2) is 9.97 Å². The summed E-state index contributed by atoms with van der Waals surface area (Å²) in [6.45, 7) is 7.11. The SMILES string of the molecule is CCCNc1nc(-c2cccnc2)nc(C)c1C. The lowest BCUT2D eigenvalue weighted by Crippen LogP contribution is -2.07. The van der Waals surface area contributed by atoms with Gasteiger partial charge in [-0.2, -0.15) is 0 Å². The number of nitrogens with one attached hydrogen (secondary N) is 1. The van der Waals surface area contributed by atoms with Gasteiger partial charge in [0.05, 0.1) is 0 Å². The molecule has 4 nitrogen and oxygen atoms in total. The maximum Gasteiger partial charge on any atom is 0.163 e. The van der Waals surface area contributed by atoms with E-state index in [0.717, 1.165) is 41.4 Å². The summed E-state index contributed by atoms with van der Waals surface area (Å²) in [7, 11) is 0. The highest BCUT2D eigenvalue weighted by Gasteiger charge is 2.09. The number of aryl methyl sites for hydroxylation is 1. The first-order valence-corrected chi connectivity index (χ1v) is 6.22. The van der Waals surface area contributed by atoms with Crippen molar-refractivity contribution in [1.82, 2.24) is 15.0 Å². The predicted octanol–water partition coefficient (Wildman–Crippen LogP) is 2.98. The van der Waals surface area contributed by atoms with Crippen LogP contribution in [0.15, 0.2) is 24.5 Å². The molecule has 0 amide bonds. The molecule has 4 heteroatoms. The Morgan fingerprint density at radius 2 is 2.06 bits per heavy atom. The van der Waals surface area contributed by atoms with Gasteiger partial charge in [0.2, 0.25) is 0 Å². The quantitative estimate of drug-likeness (QED) is 0.895. The molecule has 0 fully saturated rings. The largest absolute Gasteiger partial charge is 0.370 e. The van der Waals surface area contributed by atoms with Crippen LogP contribution in [-0.4, -0.2) is 21.5 Å². The topological polar surface area (TPSA) is 50.7 Å². The lowest BCUT2D eigenvalue weighted by molar-refractivity contribution is 0.954. The summed E-state index contributed by atoms with van der Waals surface area (Å²) < 4.78 is 0. The molecule has 0 aromatic carbocycles. The van der Waals surface area contributed by atoms with Gasteiger partial charge in [-0.15, -0.1) is 0 Å². The Morgan fingerprint density at radius 1 is 1.22 bits per heavy atom. The second-order valence-corrected chi connectivity index (χ2v) is 4.27. The number of nitrogens with zero attached hydrogens (tertiary/aromatic N) is 3. The van der Waals surface area contributed by atoms with Crippen LogP contribution < -0.4 is 5.32 Å². The van der Waals surface area contributed by atoms with Crippen LogP contribution in [0, 0.1) is 13.8 Å². The normalized spacial score (nSPS) is 10.4. The maximum atomic E-state index is 4.58. The van der Waals surface area contributed by atoms with Crippen LogP contribution in [0.1, 0.15) is 24.6 Å². The molecule has 0 spiro atoms. The molecule has 0 unspecified atom stereocenters. The van der Waals surface area contributed by atoms with Crippen molar-refractivity contribution in [2.45, 2.75) is 27.2 Å². The monoisotopic (exact) mass is 242 g/mol. The second kappa shape index (κ2) is 5.58. The summed E-state index contributed by atoms with van der Waals surface area (Å²) in [4.78, 5) is 13.2. The Balaban J connectivity index is 2.41. The molecule has 0 saturated heterocycles. The fourth-order valence-electron chi connectivity index (χ4n) is 1.67. The van der Waals surface area contributed by atoms with E-state index in [9.17, 15) is 0 Å². The van der Waals surface area contributed by atoms with Gasteiger partial charge in [-0.05, 0) is 32.4 Å². The van der Waals surface area contributed by atoms with Crippen molar-refractivity contribution in [1.29, 1.82) is 0 Å². The van der Waals surface area contributed by atoms with Gasteiger partial charge >= 0.3 is 0 Å². The van der Waals surface area contributed by atoms with Crippen molar-refractivity contribution in [3.8, 4) is 11.4 Å². The van der Waals surface area contributed by atoms with E-state index in [1.54, 1.807) is 12.4 Å². The highest BCUT2D eigenvalue weighted by Crippen LogP contribution is 2.20. The molecule has 2 heterocycles. The average molecular weight is 242 g/mol. The van der Waals surface area contributed by atoms with Gasteiger partial charge in [0, 0.05) is 35.8 Å². The Kier molecular flexibility index (Phi) is 3.87. The minimum atomic E-state index is 0.727. The van der Waals surface area contributed by atoms with Crippen LogP contribution in [0.3, 0.4) is 0 Å². The lowest BCUT2D eigenvalue weighted by Gasteiger charge is -2.11. The smallest absolute Gasteiger partial charge is 0.163 e. The maximum absolute atomic E-state index is 4.58. The molecule has 18 heavy (non-hydrogen) atoms. The van der Waals surface area contributed by atoms with E-state index in [1.807, 2.05) is 26.0 Å². The van der Waals surface area contributed by atoms with Crippen LogP contribution in [0.4, 0.5) is 5.82 Å². The number of anilines is 1. The fraction of sp³-hybridized carbons (Fsp3) is 0.357. The first-order chi connectivity index (χ1) is 8.72. The Morgan fingerprint density at radius 3 is 2.72 bits per heavy atom. The molecule has 0 saturated carbocycles. The molecular formula is C14H18N4. The van der Waals surface area contributed by atoms with Gasteiger partial charge < -0.3 is 5.32 Å². The number of hydrogen-bond donors (Lipinski definition) is 1. The van der Waals surface area contributed by atoms with Crippen LogP contribution in [-0.2, 0) is 0 Å². The van der Waals surface area contributed by atoms with Gasteiger partial charge in [0.1, 0.15) is 5.82 Å². The van der Waals surface area contributed by atoms with E-state index < -0.39 is 0 Å². The van der Waals surface area contributed by atoms with Gasteiger partial charge in [0.15, 0.2) is 5.82 Å². The first kappa shape index (κ1) is 12.5. The Labute approximate surface area is 108 Å². The van der Waals surface area contributed by atoms with Gasteiger partial charge in [0.25, 0.3) is 0 Å². The van der Waals surface area contributed by atoms with E-state index in [4.69, 9.17) is 0 Å². The van der Waals surface area contributed by atoms with Gasteiger partial charge in [-0.1, -0.05) is 6.92 Å². The molecule has 0 aliphatic rings. The Hall–Kier alpha value is -1.97. The summed E-state index contributed by atoms with van der Waals surface area (Å²) >= 11 is 0. The minimum Gasteiger partial charge on any atom is -0.370 e. The molecule has 1 N–H and O–H groups in total. The van der Waals surface area contributed by atoms with E-state index in [0.29, 0.717) is 0 Å². The van der Waals surface area contributed by atoms with Crippen molar-refractivity contribution in [3.63, 3.8) is 0 Å². The fourth-order valence-corrected chi connectivity index (χ4v) is 1.67. The zero-order valence-electron chi connectivity index (χ0n) is 11.1. The van der Waals surface area contributed by atoms with Crippen LogP contribution >= 0.6 is 0 Å². The molecule has 0 aliphatic heterocycles. The second-order valence-electron chi connectivity index (χ2n) is 4.27. The molecule has 2 rings (SSSR count). The van der Waals surface area contributed by atoms with Crippen LogP contribution in [0.25, 0.3) is 11.4 Å². The van der Waals surface area contributed by atoms with Crippen LogP contribution in [0.5, 0.6) is 0 Å². The third kappa shape index (κ3) is 2.64. The zero-order valence-corrected chi connectivity index (χ0v) is 11.1. The number of hydrogen-bond acceptors (Lipinski definition) is 4. The van der Waals surface area contributed by atoms with E-state index in [2.05, 4.69) is 27.2 Å². The standard InChI is InChI=1S/C14H18N4/c1-4-7-16-13-10(2)11(3)17-14(18-13)12-6-5-8-15-9-12/h5-6,8-9H,4,7H2,1-3H3,(H,16,17,18). The van der Waals surface area contributed by atoms with Gasteiger partial charge in [-0.3, -0.25) is 4.98 Å². The minimum absolute atomic E-state index is 0.727. The highest BCUT2D eigenvalue weighted by molar-refractivity contribution is 5.58. The summed E-state index contributed by atoms with van der Waals surface area (Å²) in [6, 6.07) is 3.87. The number of pyridine rings is 1. The number of rotatable bonds is 4. The van der Waals surface area contributed by atoms with Crippen LogP contribution in [0.2, 0.25) is 0 Å². The van der Waals surface area contributed by atoms with Crippen molar-refractivity contribution in [2.75, 3.05) is 11.9 Å². The predicted molar refractivity (Wildman–Crippen MR) is 73.5 cm³/mol. The molecule has 0 atom stereocenters. The Bertz CT molecular complexity index is 523. The first-order valence-electron chi connectivity index (χ1n) is 6.22. The zero-order chi connectivity index (χ0) is 13.0. The molecule has 2 aromatic heterocycles. The third-order valence-electron chi connectivity index (χ3n) is 2.85. The van der Waals surface area contributed by atoms with Crippen molar-refractivity contribution in [3.05, 3.63) is 35.8 Å². The average Bonchev–Trinajstić information content (AvgIpc) is 2.41. The summed E-state index contributed by atoms with van der Waals surface area (Å²) in [5.41, 5.74) is 3.05. The third-order valence-corrected chi connectivity index (χ3v) is 2.85. The van der Waals surface area contributed by atoms with E-state index in [-0.39, 0.29) is 0 Å². The molecule has 0 radical (unpaired) electrons. The molecule has 2 aromatic rings. The summed E-state index contributed by atoms with van der Waals surface area (Å²) in [5.74, 6) is 1.65. The van der Waals surface area contributed by atoms with Crippen molar-refractivity contribution >= 4 is 5.82 Å². The summed E-state index contributed by atoms with van der Waals surface area (Å²) in [5, 5.41) is 3.34. The number of aromatic nitrogens is 3. The van der Waals surface area contributed by atoms with Crippen molar-refractivity contribution < 1.29 is 0 Å². The molecule has 94 valence electrons. The van der Waals surface area contributed by atoms with E-state index in [1.165, 1.54) is 0 Å². The highest BCUT2D eigenvalue weighted by atomic mass is 15.0. The van der Waals surface area contributed by atoms with E-state index >= 15 is 0 Å². The summed E-state index contributed by atoms with van der Waals surface area (Å²) in [6.07, 6.45) is 4.61. The molecular weight excluding hydrogens is 224 g/mol. The molecule has 0 bridgehead atoms.